The number of fused-ring (bicyclic) bond motifs is 3. The average molecular weight is 410 g/mol. The van der Waals surface area contributed by atoms with Crippen LogP contribution in [0.25, 0.3) is 10.9 Å². The quantitative estimate of drug-likeness (QED) is 0.661. The molecular formula is C23H27N3O2S. The molecule has 0 spiro atoms. The molecule has 0 unspecified atom stereocenters. The summed E-state index contributed by atoms with van der Waals surface area (Å²) in [5, 5.41) is 6.11. The standard InChI is InChI=1S/C23H27N3O2S/c1-16(2)10-11-24-22(28)23(3)15-25-19-9-5-4-7-17(19)13-20(25)21(27)26(23)14-18-8-6-12-29-18/h4-9,12-13,16H,10-11,14-15H2,1-3H3,(H,24,28)/t23-/m0/s1. The summed E-state index contributed by atoms with van der Waals surface area (Å²) >= 11 is 1.61. The van der Waals surface area contributed by atoms with E-state index in [2.05, 4.69) is 19.2 Å². The number of aromatic nitrogens is 1. The first kappa shape index (κ1) is 19.7. The van der Waals surface area contributed by atoms with Crippen LogP contribution in [0.3, 0.4) is 0 Å². The molecule has 2 aromatic heterocycles. The molecule has 2 amide bonds. The van der Waals surface area contributed by atoms with Crippen LogP contribution < -0.4 is 5.32 Å². The summed E-state index contributed by atoms with van der Waals surface area (Å²) in [6.07, 6.45) is 0.915. The normalized spacial score (nSPS) is 19.0. The van der Waals surface area contributed by atoms with Gasteiger partial charge in [0.05, 0.1) is 13.1 Å². The fraction of sp³-hybridized carbons (Fsp3) is 0.391. The number of para-hydroxylation sites is 1. The zero-order chi connectivity index (χ0) is 20.6. The Morgan fingerprint density at radius 1 is 1.24 bits per heavy atom. The molecule has 1 N–H and O–H groups in total. The Kier molecular flexibility index (Phi) is 5.21. The minimum atomic E-state index is -0.952. The van der Waals surface area contributed by atoms with Crippen LogP contribution in [0.15, 0.2) is 47.8 Å². The van der Waals surface area contributed by atoms with Gasteiger partial charge in [-0.2, -0.15) is 0 Å². The number of hydrogen-bond acceptors (Lipinski definition) is 3. The van der Waals surface area contributed by atoms with Crippen LogP contribution in [0.4, 0.5) is 0 Å². The van der Waals surface area contributed by atoms with Gasteiger partial charge in [-0.15, -0.1) is 11.3 Å². The lowest BCUT2D eigenvalue weighted by molar-refractivity contribution is -0.133. The molecule has 0 fully saturated rings. The third-order valence-corrected chi connectivity index (χ3v) is 6.59. The number of carbonyl (C=O) groups is 2. The number of nitrogens with one attached hydrogen (secondary N) is 1. The number of carbonyl (C=O) groups excluding carboxylic acids is 2. The van der Waals surface area contributed by atoms with Gasteiger partial charge >= 0.3 is 0 Å². The Labute approximate surface area is 175 Å². The van der Waals surface area contributed by atoms with Crippen LogP contribution in [0.2, 0.25) is 0 Å². The number of nitrogens with zero attached hydrogens (tertiary/aromatic N) is 2. The minimum absolute atomic E-state index is 0.0912. The fourth-order valence-corrected chi connectivity index (χ4v) is 4.67. The van der Waals surface area contributed by atoms with E-state index < -0.39 is 5.54 Å². The van der Waals surface area contributed by atoms with E-state index in [1.807, 2.05) is 59.3 Å². The second-order valence-corrected chi connectivity index (χ2v) is 9.39. The smallest absolute Gasteiger partial charge is 0.271 e. The molecular weight excluding hydrogens is 382 g/mol. The summed E-state index contributed by atoms with van der Waals surface area (Å²) in [5.41, 5.74) is 0.690. The van der Waals surface area contributed by atoms with Crippen LogP contribution >= 0.6 is 11.3 Å². The molecule has 0 radical (unpaired) electrons. The lowest BCUT2D eigenvalue weighted by Crippen LogP contribution is -2.63. The van der Waals surface area contributed by atoms with Gasteiger partial charge in [0.1, 0.15) is 11.2 Å². The molecule has 29 heavy (non-hydrogen) atoms. The summed E-state index contributed by atoms with van der Waals surface area (Å²) in [6, 6.07) is 13.9. The second-order valence-electron chi connectivity index (χ2n) is 8.36. The maximum atomic E-state index is 13.5. The highest BCUT2D eigenvalue weighted by Crippen LogP contribution is 2.34. The van der Waals surface area contributed by atoms with Gasteiger partial charge < -0.3 is 14.8 Å². The predicted molar refractivity (Wildman–Crippen MR) is 117 cm³/mol. The molecule has 3 aromatic rings. The number of thiophene rings is 1. The van der Waals surface area contributed by atoms with E-state index >= 15 is 0 Å². The first-order valence-electron chi connectivity index (χ1n) is 10.1. The van der Waals surface area contributed by atoms with Gasteiger partial charge in [0.2, 0.25) is 5.91 Å². The van der Waals surface area contributed by atoms with Gasteiger partial charge in [-0.3, -0.25) is 9.59 Å². The van der Waals surface area contributed by atoms with Gasteiger partial charge in [0, 0.05) is 22.3 Å². The lowest BCUT2D eigenvalue weighted by atomic mass is 9.94. The highest BCUT2D eigenvalue weighted by Gasteiger charge is 2.47. The topological polar surface area (TPSA) is 54.3 Å². The van der Waals surface area contributed by atoms with Crippen molar-refractivity contribution < 1.29 is 9.59 Å². The fourth-order valence-electron chi connectivity index (χ4n) is 3.98. The van der Waals surface area contributed by atoms with Crippen LogP contribution in [-0.2, 0) is 17.9 Å². The van der Waals surface area contributed by atoms with E-state index in [0.29, 0.717) is 31.2 Å². The number of benzene rings is 1. The van der Waals surface area contributed by atoms with Crippen molar-refractivity contribution in [1.29, 1.82) is 0 Å². The summed E-state index contributed by atoms with van der Waals surface area (Å²) in [7, 11) is 0. The minimum Gasteiger partial charge on any atom is -0.354 e. The van der Waals surface area contributed by atoms with Gasteiger partial charge in [0.25, 0.3) is 5.91 Å². The summed E-state index contributed by atoms with van der Waals surface area (Å²) in [6.45, 7) is 7.67. The van der Waals surface area contributed by atoms with Crippen molar-refractivity contribution in [3.8, 4) is 0 Å². The van der Waals surface area contributed by atoms with Crippen molar-refractivity contribution in [3.05, 3.63) is 58.4 Å². The van der Waals surface area contributed by atoms with Crippen molar-refractivity contribution in [2.45, 2.75) is 45.8 Å². The van der Waals surface area contributed by atoms with Crippen molar-refractivity contribution in [2.24, 2.45) is 5.92 Å². The zero-order valence-corrected chi connectivity index (χ0v) is 18.0. The Morgan fingerprint density at radius 2 is 2.03 bits per heavy atom. The van der Waals surface area contributed by atoms with Gasteiger partial charge in [-0.1, -0.05) is 38.1 Å². The third-order valence-electron chi connectivity index (χ3n) is 5.73. The van der Waals surface area contributed by atoms with Crippen LogP contribution in [0.1, 0.15) is 42.6 Å². The summed E-state index contributed by atoms with van der Waals surface area (Å²) in [4.78, 5) is 29.7. The Balaban J connectivity index is 1.73. The molecule has 0 saturated heterocycles. The van der Waals surface area contributed by atoms with Crippen LogP contribution in [0, 0.1) is 5.92 Å². The van der Waals surface area contributed by atoms with E-state index in [1.165, 1.54) is 0 Å². The molecule has 3 heterocycles. The highest BCUT2D eigenvalue weighted by molar-refractivity contribution is 7.09. The molecule has 4 rings (SSSR count). The van der Waals surface area contributed by atoms with Crippen molar-refractivity contribution in [1.82, 2.24) is 14.8 Å². The molecule has 0 saturated carbocycles. The molecule has 5 nitrogen and oxygen atoms in total. The Morgan fingerprint density at radius 3 is 2.76 bits per heavy atom. The number of hydrogen-bond donors (Lipinski definition) is 1. The number of rotatable bonds is 6. The summed E-state index contributed by atoms with van der Waals surface area (Å²) in [5.74, 6) is 0.326. The monoisotopic (exact) mass is 409 g/mol. The first-order valence-corrected chi connectivity index (χ1v) is 11.0. The maximum absolute atomic E-state index is 13.5. The van der Waals surface area contributed by atoms with Gasteiger partial charge in [0.15, 0.2) is 0 Å². The van der Waals surface area contributed by atoms with Crippen molar-refractivity contribution >= 4 is 34.1 Å². The lowest BCUT2D eigenvalue weighted by Gasteiger charge is -2.44. The van der Waals surface area contributed by atoms with E-state index in [4.69, 9.17) is 0 Å². The molecule has 1 aromatic carbocycles. The first-order chi connectivity index (χ1) is 13.9. The van der Waals surface area contributed by atoms with Crippen molar-refractivity contribution in [2.75, 3.05) is 6.54 Å². The predicted octanol–water partition coefficient (Wildman–Crippen LogP) is 4.28. The number of amides is 2. The van der Waals surface area contributed by atoms with Crippen molar-refractivity contribution in [3.63, 3.8) is 0 Å². The zero-order valence-electron chi connectivity index (χ0n) is 17.1. The summed E-state index contributed by atoms with van der Waals surface area (Å²) < 4.78 is 2.00. The second kappa shape index (κ2) is 7.67. The van der Waals surface area contributed by atoms with Gasteiger partial charge in [-0.05, 0) is 42.8 Å². The van der Waals surface area contributed by atoms with Gasteiger partial charge in [-0.25, -0.2) is 0 Å². The molecule has 1 aliphatic rings. The molecule has 1 atom stereocenters. The highest BCUT2D eigenvalue weighted by atomic mass is 32.1. The Bertz CT molecular complexity index is 1040. The molecule has 0 bridgehead atoms. The van der Waals surface area contributed by atoms with Crippen LogP contribution in [-0.4, -0.2) is 33.4 Å². The molecule has 6 heteroatoms. The third kappa shape index (κ3) is 3.57. The van der Waals surface area contributed by atoms with E-state index in [-0.39, 0.29) is 11.8 Å². The molecule has 1 aliphatic heterocycles. The maximum Gasteiger partial charge on any atom is 0.271 e. The van der Waals surface area contributed by atoms with E-state index in [1.54, 1.807) is 16.2 Å². The van der Waals surface area contributed by atoms with Crippen LogP contribution in [0.5, 0.6) is 0 Å². The SMILES string of the molecule is CC(C)CCNC(=O)[C@]1(C)Cn2c(cc3ccccc32)C(=O)N1Cc1cccs1. The average Bonchev–Trinajstić information content (AvgIpc) is 3.33. The van der Waals surface area contributed by atoms with E-state index in [0.717, 1.165) is 22.2 Å². The molecule has 152 valence electrons. The van der Waals surface area contributed by atoms with E-state index in [9.17, 15) is 9.59 Å². The Hall–Kier alpha value is -2.60. The molecule has 0 aliphatic carbocycles. The largest absolute Gasteiger partial charge is 0.354 e.